The Hall–Kier alpha value is -1.43. The molecule has 0 bridgehead atoms. The molecule has 17 heavy (non-hydrogen) atoms. The third-order valence-corrected chi connectivity index (χ3v) is 2.29. The van der Waals surface area contributed by atoms with Crippen molar-refractivity contribution in [3.8, 4) is 0 Å². The Labute approximate surface area is 102 Å². The molecule has 0 amide bonds. The minimum atomic E-state index is -2.80. The molecular formula is C10H11ClF2N2O2. The van der Waals surface area contributed by atoms with E-state index in [9.17, 15) is 13.6 Å². The number of nitrogens with two attached hydrogens (primary N) is 1. The Morgan fingerprint density at radius 1 is 1.65 bits per heavy atom. The third kappa shape index (κ3) is 3.03. The molecule has 1 heterocycles. The van der Waals surface area contributed by atoms with Gasteiger partial charge in [-0.1, -0.05) is 0 Å². The van der Waals surface area contributed by atoms with Gasteiger partial charge in [-0.3, -0.25) is 0 Å². The Morgan fingerprint density at radius 3 is 2.76 bits per heavy atom. The molecule has 0 aromatic carbocycles. The van der Waals surface area contributed by atoms with Gasteiger partial charge in [-0.2, -0.15) is 0 Å². The highest BCUT2D eigenvalue weighted by molar-refractivity contribution is 6.17. The summed E-state index contributed by atoms with van der Waals surface area (Å²) < 4.78 is 29.8. The van der Waals surface area contributed by atoms with Crippen LogP contribution in [0.25, 0.3) is 0 Å². The van der Waals surface area contributed by atoms with Crippen LogP contribution in [-0.2, 0) is 10.6 Å². The molecule has 0 atom stereocenters. The molecule has 1 aromatic heterocycles. The number of carbonyl (C=O) groups is 1. The molecule has 0 unspecified atom stereocenters. The van der Waals surface area contributed by atoms with Crippen molar-refractivity contribution in [2.24, 2.45) is 0 Å². The predicted octanol–water partition coefficient (Wildman–Crippen LogP) is 2.52. The van der Waals surface area contributed by atoms with Gasteiger partial charge in [0.05, 0.1) is 12.3 Å². The van der Waals surface area contributed by atoms with Gasteiger partial charge in [-0.25, -0.2) is 18.6 Å². The van der Waals surface area contributed by atoms with Crippen LogP contribution >= 0.6 is 11.6 Å². The van der Waals surface area contributed by atoms with Crippen LogP contribution in [0.5, 0.6) is 0 Å². The lowest BCUT2D eigenvalue weighted by atomic mass is 10.1. The van der Waals surface area contributed by atoms with E-state index in [2.05, 4.69) is 9.72 Å². The monoisotopic (exact) mass is 264 g/mol. The van der Waals surface area contributed by atoms with Crippen molar-refractivity contribution < 1.29 is 18.3 Å². The van der Waals surface area contributed by atoms with Crippen LogP contribution in [-0.4, -0.2) is 17.6 Å². The number of aromatic nitrogens is 1. The normalized spacial score (nSPS) is 10.6. The molecule has 7 heteroatoms. The van der Waals surface area contributed by atoms with E-state index in [1.165, 1.54) is 0 Å². The molecule has 0 aliphatic rings. The topological polar surface area (TPSA) is 65.2 Å². The molecule has 0 spiro atoms. The van der Waals surface area contributed by atoms with Crippen molar-refractivity contribution in [3.63, 3.8) is 0 Å². The van der Waals surface area contributed by atoms with E-state index in [1.54, 1.807) is 6.92 Å². The van der Waals surface area contributed by atoms with E-state index in [1.807, 2.05) is 0 Å². The molecule has 1 aromatic rings. The van der Waals surface area contributed by atoms with Gasteiger partial charge in [0.2, 0.25) is 0 Å². The Bertz CT molecular complexity index is 427. The number of anilines is 1. The molecule has 1 rings (SSSR count). The van der Waals surface area contributed by atoms with Crippen molar-refractivity contribution in [1.82, 2.24) is 4.98 Å². The van der Waals surface area contributed by atoms with E-state index < -0.39 is 18.1 Å². The maximum atomic E-state index is 12.5. The van der Waals surface area contributed by atoms with Crippen molar-refractivity contribution >= 4 is 23.3 Å². The van der Waals surface area contributed by atoms with Gasteiger partial charge in [0, 0.05) is 5.88 Å². The number of pyridine rings is 1. The highest BCUT2D eigenvalue weighted by atomic mass is 35.5. The SMILES string of the molecule is CCOC(=O)c1nc(C(F)F)cc(CCl)c1N. The zero-order valence-electron chi connectivity index (χ0n) is 9.04. The lowest BCUT2D eigenvalue weighted by Crippen LogP contribution is -2.13. The molecule has 0 saturated carbocycles. The standard InChI is InChI=1S/C10H11ClF2N2O2/c1-2-17-10(16)8-7(14)5(4-11)3-6(15-8)9(12)13/h3,9H,2,4,14H2,1H3. The summed E-state index contributed by atoms with van der Waals surface area (Å²) in [5.74, 6) is -0.917. The van der Waals surface area contributed by atoms with Crippen LogP contribution < -0.4 is 5.73 Å². The van der Waals surface area contributed by atoms with Crippen LogP contribution in [0.1, 0.15) is 35.1 Å². The molecule has 0 radical (unpaired) electrons. The largest absolute Gasteiger partial charge is 0.461 e. The molecule has 0 aliphatic carbocycles. The second-order valence-electron chi connectivity index (χ2n) is 3.12. The molecule has 0 fully saturated rings. The summed E-state index contributed by atoms with van der Waals surface area (Å²) in [5, 5.41) is 0. The van der Waals surface area contributed by atoms with Crippen LogP contribution in [0.4, 0.5) is 14.5 Å². The first-order valence-corrected chi connectivity index (χ1v) is 5.35. The van der Waals surface area contributed by atoms with E-state index in [0.717, 1.165) is 6.07 Å². The minimum absolute atomic E-state index is 0.0251. The Balaban J connectivity index is 3.27. The van der Waals surface area contributed by atoms with Gasteiger partial charge < -0.3 is 10.5 Å². The maximum Gasteiger partial charge on any atom is 0.359 e. The van der Waals surface area contributed by atoms with Gasteiger partial charge >= 0.3 is 5.97 Å². The number of carbonyl (C=O) groups excluding carboxylic acids is 1. The van der Waals surface area contributed by atoms with Crippen LogP contribution in [0.3, 0.4) is 0 Å². The van der Waals surface area contributed by atoms with E-state index >= 15 is 0 Å². The first-order chi connectivity index (χ1) is 8.01. The van der Waals surface area contributed by atoms with Gasteiger partial charge in [0.25, 0.3) is 6.43 Å². The van der Waals surface area contributed by atoms with E-state index in [-0.39, 0.29) is 29.4 Å². The zero-order chi connectivity index (χ0) is 13.0. The summed E-state index contributed by atoms with van der Waals surface area (Å²) >= 11 is 5.56. The fourth-order valence-corrected chi connectivity index (χ4v) is 1.43. The highest BCUT2D eigenvalue weighted by Gasteiger charge is 2.20. The van der Waals surface area contributed by atoms with Crippen molar-refractivity contribution in [2.75, 3.05) is 12.3 Å². The Morgan fingerprint density at radius 2 is 2.29 bits per heavy atom. The second kappa shape index (κ2) is 5.77. The first-order valence-electron chi connectivity index (χ1n) is 4.81. The van der Waals surface area contributed by atoms with Crippen molar-refractivity contribution in [2.45, 2.75) is 19.2 Å². The summed E-state index contributed by atoms with van der Waals surface area (Å²) in [6, 6.07) is 1.08. The fourth-order valence-electron chi connectivity index (χ4n) is 1.21. The number of hydrogen-bond donors (Lipinski definition) is 1. The number of ether oxygens (including phenoxy) is 1. The molecule has 0 aliphatic heterocycles. The van der Waals surface area contributed by atoms with E-state index in [0.29, 0.717) is 0 Å². The van der Waals surface area contributed by atoms with Gasteiger partial charge in [-0.05, 0) is 18.6 Å². The van der Waals surface area contributed by atoms with Crippen LogP contribution in [0.15, 0.2) is 6.07 Å². The summed E-state index contributed by atoms with van der Waals surface area (Å²) in [4.78, 5) is 14.9. The van der Waals surface area contributed by atoms with Gasteiger partial charge in [0.1, 0.15) is 5.69 Å². The number of nitrogens with zero attached hydrogens (tertiary/aromatic N) is 1. The third-order valence-electron chi connectivity index (χ3n) is 2.00. The first kappa shape index (κ1) is 13.6. The van der Waals surface area contributed by atoms with Crippen molar-refractivity contribution in [3.05, 3.63) is 23.0 Å². The second-order valence-corrected chi connectivity index (χ2v) is 3.39. The number of nitrogen functional groups attached to an aromatic ring is 1. The van der Waals surface area contributed by atoms with Gasteiger partial charge in [0.15, 0.2) is 5.69 Å². The number of hydrogen-bond acceptors (Lipinski definition) is 4. The van der Waals surface area contributed by atoms with Crippen LogP contribution in [0, 0.1) is 0 Å². The molecule has 0 saturated heterocycles. The average molecular weight is 265 g/mol. The average Bonchev–Trinajstić information content (AvgIpc) is 2.29. The quantitative estimate of drug-likeness (QED) is 0.670. The predicted molar refractivity (Wildman–Crippen MR) is 59.1 cm³/mol. The van der Waals surface area contributed by atoms with Crippen LogP contribution in [0.2, 0.25) is 0 Å². The fraction of sp³-hybridized carbons (Fsp3) is 0.400. The molecular weight excluding hydrogens is 254 g/mol. The lowest BCUT2D eigenvalue weighted by molar-refractivity contribution is 0.0519. The number of esters is 1. The number of alkyl halides is 3. The number of rotatable bonds is 4. The van der Waals surface area contributed by atoms with Gasteiger partial charge in [-0.15, -0.1) is 11.6 Å². The molecule has 94 valence electrons. The minimum Gasteiger partial charge on any atom is -0.461 e. The molecule has 2 N–H and O–H groups in total. The molecule has 4 nitrogen and oxygen atoms in total. The summed E-state index contributed by atoms with van der Waals surface area (Å²) in [7, 11) is 0. The van der Waals surface area contributed by atoms with Crippen molar-refractivity contribution in [1.29, 1.82) is 0 Å². The smallest absolute Gasteiger partial charge is 0.359 e. The Kier molecular flexibility index (Phi) is 4.62. The summed E-state index contributed by atoms with van der Waals surface area (Å²) in [5.41, 5.74) is 4.95. The van der Waals surface area contributed by atoms with E-state index in [4.69, 9.17) is 17.3 Å². The maximum absolute atomic E-state index is 12.5. The zero-order valence-corrected chi connectivity index (χ0v) is 9.80. The highest BCUT2D eigenvalue weighted by Crippen LogP contribution is 2.25. The summed E-state index contributed by atoms with van der Waals surface area (Å²) in [6.45, 7) is 1.70. The number of halogens is 3. The summed E-state index contributed by atoms with van der Waals surface area (Å²) in [6.07, 6.45) is -2.80. The lowest BCUT2D eigenvalue weighted by Gasteiger charge is -2.10.